The molecule has 0 unspecified atom stereocenters. The molecule has 0 aliphatic heterocycles. The Labute approximate surface area is 162 Å². The highest BCUT2D eigenvalue weighted by atomic mass is 16.5. The largest absolute Gasteiger partial charge is 0.497 e. The maximum atomic E-state index is 5.38. The Balaban J connectivity index is 1.82. The van der Waals surface area contributed by atoms with Gasteiger partial charge in [-0.3, -0.25) is 0 Å². The standard InChI is InChI=1S/C21H31N3O3/c1-3-26-15-5-4-13-22-21(23-14-12-20-7-6-16-27-20)24-17-18-8-10-19(25-2)11-9-18/h6-11,16H,3-5,12-15,17H2,1-2H3,(H2,22,23,24). The van der Waals surface area contributed by atoms with Crippen molar-refractivity contribution in [3.63, 3.8) is 0 Å². The minimum Gasteiger partial charge on any atom is -0.497 e. The third-order valence-electron chi connectivity index (χ3n) is 4.03. The number of hydrogen-bond acceptors (Lipinski definition) is 4. The fourth-order valence-electron chi connectivity index (χ4n) is 2.51. The average molecular weight is 373 g/mol. The van der Waals surface area contributed by atoms with Crippen LogP contribution in [0.1, 0.15) is 31.1 Å². The van der Waals surface area contributed by atoms with Gasteiger partial charge in [-0.1, -0.05) is 12.1 Å². The molecule has 148 valence electrons. The number of methoxy groups -OCH3 is 1. The predicted octanol–water partition coefficient (Wildman–Crippen LogP) is 3.38. The Kier molecular flexibility index (Phi) is 9.89. The molecule has 2 N–H and O–H groups in total. The molecule has 27 heavy (non-hydrogen) atoms. The molecular weight excluding hydrogens is 342 g/mol. The molecule has 6 nitrogen and oxygen atoms in total. The van der Waals surface area contributed by atoms with Gasteiger partial charge in [0, 0.05) is 32.7 Å². The second kappa shape index (κ2) is 12.8. The van der Waals surface area contributed by atoms with Crippen LogP contribution in [0.25, 0.3) is 0 Å². The molecule has 0 amide bonds. The van der Waals surface area contributed by atoms with Gasteiger partial charge in [-0.05, 0) is 49.6 Å². The molecule has 0 atom stereocenters. The first-order valence-electron chi connectivity index (χ1n) is 9.57. The van der Waals surface area contributed by atoms with E-state index in [4.69, 9.17) is 18.9 Å². The lowest BCUT2D eigenvalue weighted by Crippen LogP contribution is -2.39. The average Bonchev–Trinajstić information content (AvgIpc) is 3.22. The number of unbranched alkanes of at least 4 members (excludes halogenated alkanes) is 1. The molecule has 0 aliphatic rings. The number of furan rings is 1. The van der Waals surface area contributed by atoms with Crippen molar-refractivity contribution in [2.75, 3.05) is 33.4 Å². The van der Waals surface area contributed by atoms with Crippen molar-refractivity contribution in [3.05, 3.63) is 54.0 Å². The number of benzene rings is 1. The van der Waals surface area contributed by atoms with Crippen LogP contribution in [0.2, 0.25) is 0 Å². The summed E-state index contributed by atoms with van der Waals surface area (Å²) in [6, 6.07) is 11.9. The summed E-state index contributed by atoms with van der Waals surface area (Å²) in [7, 11) is 1.67. The molecule has 1 heterocycles. The normalized spacial score (nSPS) is 11.4. The van der Waals surface area contributed by atoms with E-state index >= 15 is 0 Å². The highest BCUT2D eigenvalue weighted by Crippen LogP contribution is 2.11. The summed E-state index contributed by atoms with van der Waals surface area (Å²) in [6.07, 6.45) is 4.60. The SMILES string of the molecule is CCOCCCCNC(=NCc1ccc(OC)cc1)NCCc1ccco1. The fourth-order valence-corrected chi connectivity index (χ4v) is 2.51. The molecule has 0 bridgehead atoms. The maximum absolute atomic E-state index is 5.38. The highest BCUT2D eigenvalue weighted by Gasteiger charge is 2.01. The lowest BCUT2D eigenvalue weighted by atomic mass is 10.2. The fraction of sp³-hybridized carbons (Fsp3) is 0.476. The Morgan fingerprint density at radius 3 is 2.59 bits per heavy atom. The molecule has 6 heteroatoms. The lowest BCUT2D eigenvalue weighted by Gasteiger charge is -2.12. The Hall–Kier alpha value is -2.47. The van der Waals surface area contributed by atoms with Gasteiger partial charge in [0.2, 0.25) is 0 Å². The summed E-state index contributed by atoms with van der Waals surface area (Å²) in [5.74, 6) is 2.63. The van der Waals surface area contributed by atoms with Gasteiger partial charge in [0.15, 0.2) is 5.96 Å². The van der Waals surface area contributed by atoms with Gasteiger partial charge in [0.1, 0.15) is 11.5 Å². The molecule has 0 radical (unpaired) electrons. The first kappa shape index (κ1) is 20.8. The van der Waals surface area contributed by atoms with Gasteiger partial charge in [-0.15, -0.1) is 0 Å². The summed E-state index contributed by atoms with van der Waals surface area (Å²) >= 11 is 0. The third kappa shape index (κ3) is 8.64. The molecule has 0 fully saturated rings. The zero-order valence-electron chi connectivity index (χ0n) is 16.4. The van der Waals surface area contributed by atoms with E-state index in [1.54, 1.807) is 13.4 Å². The van der Waals surface area contributed by atoms with Crippen LogP contribution < -0.4 is 15.4 Å². The lowest BCUT2D eigenvalue weighted by molar-refractivity contribution is 0.143. The first-order valence-corrected chi connectivity index (χ1v) is 9.57. The van der Waals surface area contributed by atoms with Crippen LogP contribution in [0.3, 0.4) is 0 Å². The van der Waals surface area contributed by atoms with Gasteiger partial charge < -0.3 is 24.5 Å². The number of guanidine groups is 1. The van der Waals surface area contributed by atoms with Crippen LogP contribution >= 0.6 is 0 Å². The van der Waals surface area contributed by atoms with Crippen LogP contribution in [0.5, 0.6) is 5.75 Å². The zero-order chi connectivity index (χ0) is 19.2. The number of aliphatic imine (C=N–C) groups is 1. The Bertz CT molecular complexity index is 639. The smallest absolute Gasteiger partial charge is 0.191 e. The van der Waals surface area contributed by atoms with Gasteiger partial charge >= 0.3 is 0 Å². The van der Waals surface area contributed by atoms with Crippen molar-refractivity contribution in [2.45, 2.75) is 32.7 Å². The number of ether oxygens (including phenoxy) is 2. The van der Waals surface area contributed by atoms with Crippen LogP contribution in [0, 0.1) is 0 Å². The zero-order valence-corrected chi connectivity index (χ0v) is 16.4. The van der Waals surface area contributed by atoms with Crippen molar-refractivity contribution in [1.29, 1.82) is 0 Å². The van der Waals surface area contributed by atoms with Gasteiger partial charge in [0.25, 0.3) is 0 Å². The molecule has 0 spiro atoms. The van der Waals surface area contributed by atoms with Crippen molar-refractivity contribution in [3.8, 4) is 5.75 Å². The van der Waals surface area contributed by atoms with E-state index in [9.17, 15) is 0 Å². The summed E-state index contributed by atoms with van der Waals surface area (Å²) in [4.78, 5) is 4.69. The Morgan fingerprint density at radius 2 is 1.89 bits per heavy atom. The minimum atomic E-state index is 0.610. The molecule has 0 saturated heterocycles. The molecule has 2 aromatic rings. The van der Waals surface area contributed by atoms with Gasteiger partial charge in [-0.2, -0.15) is 0 Å². The summed E-state index contributed by atoms with van der Waals surface area (Å²) in [5.41, 5.74) is 1.14. The minimum absolute atomic E-state index is 0.610. The highest BCUT2D eigenvalue weighted by molar-refractivity contribution is 5.79. The van der Waals surface area contributed by atoms with Crippen LogP contribution in [0.15, 0.2) is 52.1 Å². The van der Waals surface area contributed by atoms with Crippen LogP contribution in [0.4, 0.5) is 0 Å². The number of nitrogens with one attached hydrogen (secondary N) is 2. The summed E-state index contributed by atoms with van der Waals surface area (Å²) in [6.45, 7) is 5.84. The monoisotopic (exact) mass is 373 g/mol. The molecule has 2 rings (SSSR count). The van der Waals surface area contributed by atoms with E-state index in [-0.39, 0.29) is 0 Å². The number of rotatable bonds is 12. The topological polar surface area (TPSA) is 68.0 Å². The van der Waals surface area contributed by atoms with E-state index in [1.165, 1.54) is 0 Å². The van der Waals surface area contributed by atoms with Crippen LogP contribution in [-0.2, 0) is 17.7 Å². The first-order chi connectivity index (χ1) is 13.3. The van der Waals surface area contributed by atoms with Gasteiger partial charge in [0.05, 0.1) is 19.9 Å². The number of hydrogen-bond donors (Lipinski definition) is 2. The van der Waals surface area contributed by atoms with E-state index in [2.05, 4.69) is 10.6 Å². The Morgan fingerprint density at radius 1 is 1.07 bits per heavy atom. The van der Waals surface area contributed by atoms with Crippen molar-refractivity contribution in [1.82, 2.24) is 10.6 Å². The molecule has 0 aliphatic carbocycles. The van der Waals surface area contributed by atoms with E-state index in [1.807, 2.05) is 43.3 Å². The van der Waals surface area contributed by atoms with Crippen molar-refractivity contribution in [2.24, 2.45) is 4.99 Å². The van der Waals surface area contributed by atoms with Gasteiger partial charge in [-0.25, -0.2) is 4.99 Å². The maximum Gasteiger partial charge on any atom is 0.191 e. The molecule has 0 saturated carbocycles. The second-order valence-electron chi connectivity index (χ2n) is 6.10. The van der Waals surface area contributed by atoms with E-state index in [0.717, 1.165) is 68.6 Å². The molecule has 1 aromatic heterocycles. The summed E-state index contributed by atoms with van der Waals surface area (Å²) in [5, 5.41) is 6.77. The quantitative estimate of drug-likeness (QED) is 0.339. The predicted molar refractivity (Wildman–Crippen MR) is 108 cm³/mol. The van der Waals surface area contributed by atoms with E-state index < -0.39 is 0 Å². The summed E-state index contributed by atoms with van der Waals surface area (Å²) < 4.78 is 16.0. The third-order valence-corrected chi connectivity index (χ3v) is 4.03. The van der Waals surface area contributed by atoms with E-state index in [0.29, 0.717) is 6.54 Å². The van der Waals surface area contributed by atoms with Crippen molar-refractivity contribution < 1.29 is 13.9 Å². The number of nitrogens with zero attached hydrogens (tertiary/aromatic N) is 1. The van der Waals surface area contributed by atoms with Crippen LogP contribution in [-0.4, -0.2) is 39.4 Å². The second-order valence-corrected chi connectivity index (χ2v) is 6.10. The molecular formula is C21H31N3O3. The van der Waals surface area contributed by atoms with Crippen molar-refractivity contribution >= 4 is 5.96 Å². The molecule has 1 aromatic carbocycles.